The van der Waals surface area contributed by atoms with Gasteiger partial charge in [0.05, 0.1) is 0 Å². The fourth-order valence-corrected chi connectivity index (χ4v) is 2.57. The summed E-state index contributed by atoms with van der Waals surface area (Å²) in [5.41, 5.74) is 1.24. The fraction of sp³-hybridized carbons (Fsp3) is 0.200. The number of hydrogen-bond donors (Lipinski definition) is 1. The van der Waals surface area contributed by atoms with E-state index in [9.17, 15) is 14.4 Å². The predicted molar refractivity (Wildman–Crippen MR) is 102 cm³/mol. The minimum absolute atomic E-state index is 0.0209. The molecule has 1 N–H and O–H groups in total. The van der Waals surface area contributed by atoms with E-state index in [1.165, 1.54) is 18.2 Å². The molecule has 0 radical (unpaired) electrons. The normalized spacial score (nSPS) is 11.2. The molecular formula is C20H18BrFN2O2. The van der Waals surface area contributed by atoms with Crippen molar-refractivity contribution in [3.05, 3.63) is 69.5 Å². The molecule has 0 aliphatic heterocycles. The largest absolute Gasteiger partial charge is 0.488 e. The molecule has 0 aliphatic carbocycles. The van der Waals surface area contributed by atoms with Crippen molar-refractivity contribution in [1.29, 1.82) is 5.26 Å². The zero-order chi connectivity index (χ0) is 19.1. The number of halogens is 2. The Kier molecular flexibility index (Phi) is 6.93. The summed E-state index contributed by atoms with van der Waals surface area (Å²) in [6.45, 7) is 3.80. The van der Waals surface area contributed by atoms with Crippen LogP contribution in [0.25, 0.3) is 6.08 Å². The van der Waals surface area contributed by atoms with Crippen LogP contribution < -0.4 is 10.1 Å². The Bertz CT molecular complexity index is 872. The molecule has 2 aromatic carbocycles. The lowest BCUT2D eigenvalue weighted by atomic mass is 10.1. The van der Waals surface area contributed by atoms with E-state index in [0.717, 1.165) is 4.47 Å². The first-order valence-electron chi connectivity index (χ1n) is 7.98. The summed E-state index contributed by atoms with van der Waals surface area (Å²) in [6.07, 6.45) is 1.48. The number of amides is 1. The molecule has 0 saturated carbocycles. The van der Waals surface area contributed by atoms with Gasteiger partial charge < -0.3 is 10.1 Å². The van der Waals surface area contributed by atoms with Gasteiger partial charge in [0.1, 0.15) is 29.8 Å². The molecule has 6 heteroatoms. The van der Waals surface area contributed by atoms with Gasteiger partial charge in [0.15, 0.2) is 0 Å². The van der Waals surface area contributed by atoms with Crippen LogP contribution in [-0.2, 0) is 11.4 Å². The highest BCUT2D eigenvalue weighted by molar-refractivity contribution is 9.10. The van der Waals surface area contributed by atoms with Crippen molar-refractivity contribution in [2.24, 2.45) is 0 Å². The first kappa shape index (κ1) is 19.7. The standard InChI is InChI=1S/C20H18BrFN2O2/c1-13(2)24-20(25)16(11-23)9-15-10-17(21)6-7-19(15)26-12-14-4-3-5-18(22)8-14/h3-10,13H,12H2,1-2H3,(H,24,25)/b16-9-. The number of nitriles is 1. The van der Waals surface area contributed by atoms with Gasteiger partial charge in [-0.3, -0.25) is 4.79 Å². The molecule has 0 saturated heterocycles. The van der Waals surface area contributed by atoms with E-state index < -0.39 is 5.91 Å². The topological polar surface area (TPSA) is 62.1 Å². The van der Waals surface area contributed by atoms with E-state index in [-0.39, 0.29) is 24.0 Å². The van der Waals surface area contributed by atoms with E-state index in [1.54, 1.807) is 30.3 Å². The zero-order valence-corrected chi connectivity index (χ0v) is 16.0. The van der Waals surface area contributed by atoms with E-state index in [4.69, 9.17) is 4.74 Å². The third-order valence-corrected chi connectivity index (χ3v) is 3.83. The number of carbonyl (C=O) groups is 1. The Balaban J connectivity index is 2.27. The van der Waals surface area contributed by atoms with Gasteiger partial charge in [0.25, 0.3) is 5.91 Å². The second-order valence-electron chi connectivity index (χ2n) is 5.90. The number of hydrogen-bond acceptors (Lipinski definition) is 3. The summed E-state index contributed by atoms with van der Waals surface area (Å²) in [5.74, 6) is -0.291. The maximum atomic E-state index is 13.3. The van der Waals surface area contributed by atoms with Crippen LogP contribution in [-0.4, -0.2) is 11.9 Å². The molecule has 0 spiro atoms. The van der Waals surface area contributed by atoms with Crippen LogP contribution in [0.5, 0.6) is 5.75 Å². The van der Waals surface area contributed by atoms with Crippen molar-refractivity contribution < 1.29 is 13.9 Å². The smallest absolute Gasteiger partial charge is 0.262 e. The lowest BCUT2D eigenvalue weighted by Crippen LogP contribution is -2.30. The van der Waals surface area contributed by atoms with Crippen molar-refractivity contribution >= 4 is 27.9 Å². The Hall–Kier alpha value is -2.65. The molecule has 0 bridgehead atoms. The maximum absolute atomic E-state index is 13.3. The van der Waals surface area contributed by atoms with Gasteiger partial charge in [-0.05, 0) is 55.8 Å². The molecule has 26 heavy (non-hydrogen) atoms. The molecule has 134 valence electrons. The van der Waals surface area contributed by atoms with Crippen molar-refractivity contribution in [2.75, 3.05) is 0 Å². The number of carbonyl (C=O) groups excluding carboxylic acids is 1. The second kappa shape index (κ2) is 9.16. The Morgan fingerprint density at radius 1 is 1.35 bits per heavy atom. The van der Waals surface area contributed by atoms with Crippen LogP contribution in [0.1, 0.15) is 25.0 Å². The Morgan fingerprint density at radius 3 is 2.77 bits per heavy atom. The molecule has 0 unspecified atom stereocenters. The minimum Gasteiger partial charge on any atom is -0.488 e. The molecule has 0 aliphatic rings. The van der Waals surface area contributed by atoms with Gasteiger partial charge in [0.2, 0.25) is 0 Å². The molecule has 0 aromatic heterocycles. The van der Waals surface area contributed by atoms with Gasteiger partial charge in [-0.25, -0.2) is 4.39 Å². The monoisotopic (exact) mass is 416 g/mol. The molecule has 4 nitrogen and oxygen atoms in total. The van der Waals surface area contributed by atoms with E-state index in [0.29, 0.717) is 16.9 Å². The van der Waals surface area contributed by atoms with Crippen LogP contribution in [0.15, 0.2) is 52.5 Å². The van der Waals surface area contributed by atoms with Gasteiger partial charge in [-0.15, -0.1) is 0 Å². The van der Waals surface area contributed by atoms with Crippen molar-refractivity contribution in [1.82, 2.24) is 5.32 Å². The second-order valence-corrected chi connectivity index (χ2v) is 6.81. The van der Waals surface area contributed by atoms with Crippen molar-refractivity contribution in [3.8, 4) is 11.8 Å². The fourth-order valence-electron chi connectivity index (χ4n) is 2.20. The van der Waals surface area contributed by atoms with Crippen LogP contribution in [0.3, 0.4) is 0 Å². The van der Waals surface area contributed by atoms with Crippen LogP contribution in [0, 0.1) is 17.1 Å². The number of nitrogens with one attached hydrogen (secondary N) is 1. The number of nitrogens with zero attached hydrogens (tertiary/aromatic N) is 1. The highest BCUT2D eigenvalue weighted by Gasteiger charge is 2.12. The van der Waals surface area contributed by atoms with Gasteiger partial charge in [0, 0.05) is 16.1 Å². The molecule has 1 amide bonds. The number of rotatable bonds is 6. The Labute approximate surface area is 160 Å². The highest BCUT2D eigenvalue weighted by atomic mass is 79.9. The average Bonchev–Trinajstić information content (AvgIpc) is 2.58. The van der Waals surface area contributed by atoms with Crippen LogP contribution in [0.4, 0.5) is 4.39 Å². The number of ether oxygens (including phenoxy) is 1. The van der Waals surface area contributed by atoms with Gasteiger partial charge in [-0.1, -0.05) is 28.1 Å². The van der Waals surface area contributed by atoms with Gasteiger partial charge >= 0.3 is 0 Å². The minimum atomic E-state index is -0.446. The number of benzene rings is 2. The first-order valence-corrected chi connectivity index (χ1v) is 8.78. The highest BCUT2D eigenvalue weighted by Crippen LogP contribution is 2.26. The molecular weight excluding hydrogens is 399 g/mol. The van der Waals surface area contributed by atoms with E-state index >= 15 is 0 Å². The quantitative estimate of drug-likeness (QED) is 0.552. The summed E-state index contributed by atoms with van der Waals surface area (Å²) in [6, 6.07) is 13.2. The Morgan fingerprint density at radius 2 is 2.12 bits per heavy atom. The molecule has 0 fully saturated rings. The summed E-state index contributed by atoms with van der Waals surface area (Å²) >= 11 is 3.37. The zero-order valence-electron chi connectivity index (χ0n) is 14.4. The lowest BCUT2D eigenvalue weighted by Gasteiger charge is -2.11. The van der Waals surface area contributed by atoms with Crippen molar-refractivity contribution in [3.63, 3.8) is 0 Å². The molecule has 2 rings (SSSR count). The third-order valence-electron chi connectivity index (χ3n) is 3.34. The average molecular weight is 417 g/mol. The summed E-state index contributed by atoms with van der Waals surface area (Å²) in [7, 11) is 0. The van der Waals surface area contributed by atoms with E-state index in [2.05, 4.69) is 21.2 Å². The predicted octanol–water partition coefficient (Wildman–Crippen LogP) is 4.60. The molecule has 0 atom stereocenters. The summed E-state index contributed by atoms with van der Waals surface area (Å²) in [4.78, 5) is 12.1. The van der Waals surface area contributed by atoms with E-state index in [1.807, 2.05) is 19.9 Å². The van der Waals surface area contributed by atoms with Crippen molar-refractivity contribution in [2.45, 2.75) is 26.5 Å². The summed E-state index contributed by atoms with van der Waals surface area (Å²) < 4.78 is 19.8. The third kappa shape index (κ3) is 5.71. The van der Waals surface area contributed by atoms with Gasteiger partial charge in [-0.2, -0.15) is 5.26 Å². The summed E-state index contributed by atoms with van der Waals surface area (Å²) in [5, 5.41) is 12.0. The molecule has 0 heterocycles. The maximum Gasteiger partial charge on any atom is 0.262 e. The first-order chi connectivity index (χ1) is 12.4. The van der Waals surface area contributed by atoms with Crippen LogP contribution >= 0.6 is 15.9 Å². The lowest BCUT2D eigenvalue weighted by molar-refractivity contribution is -0.117. The SMILES string of the molecule is CC(C)NC(=O)/C(C#N)=C\c1cc(Br)ccc1OCc1cccc(F)c1. The van der Waals surface area contributed by atoms with Crippen LogP contribution in [0.2, 0.25) is 0 Å². The molecule has 2 aromatic rings.